The highest BCUT2D eigenvalue weighted by molar-refractivity contribution is 5.94. The first kappa shape index (κ1) is 27.7. The predicted molar refractivity (Wildman–Crippen MR) is 156 cm³/mol. The van der Waals surface area contributed by atoms with Crippen molar-refractivity contribution in [3.8, 4) is 5.75 Å². The molecule has 4 rings (SSSR count). The zero-order valence-corrected chi connectivity index (χ0v) is 23.2. The van der Waals surface area contributed by atoms with Crippen LogP contribution in [-0.4, -0.2) is 49.2 Å². The van der Waals surface area contributed by atoms with Gasteiger partial charge in [-0.25, -0.2) is 4.98 Å². The van der Waals surface area contributed by atoms with Gasteiger partial charge in [0, 0.05) is 37.6 Å². The Morgan fingerprint density at radius 2 is 1.68 bits per heavy atom. The lowest BCUT2D eigenvalue weighted by molar-refractivity contribution is 0.0943. The quantitative estimate of drug-likeness (QED) is 0.254. The minimum absolute atomic E-state index is 0.0165. The standard InChI is InChI=1S/C31H43N5O2/c1-4-5-6-7-10-21-38-26-19-15-24(16-20-26)30(37)32-22-23-13-17-25(18-14-23)33-31-34-28-12-9-8-11-27(28)29(35-31)36(2)3/h8-9,11-12,15-16,19-20,23,25H,4-7,10,13-14,17-18,21-22H2,1-3H3,(H,32,37)(H,33,34,35). The maximum absolute atomic E-state index is 12.7. The van der Waals surface area contributed by atoms with Crippen LogP contribution in [0.5, 0.6) is 5.75 Å². The summed E-state index contributed by atoms with van der Waals surface area (Å²) in [7, 11) is 4.02. The van der Waals surface area contributed by atoms with Gasteiger partial charge in [0.1, 0.15) is 11.6 Å². The van der Waals surface area contributed by atoms with Crippen molar-refractivity contribution in [2.75, 3.05) is 37.5 Å². The monoisotopic (exact) mass is 517 g/mol. The number of ether oxygens (including phenoxy) is 1. The van der Waals surface area contributed by atoms with Crippen molar-refractivity contribution in [2.24, 2.45) is 5.92 Å². The summed E-state index contributed by atoms with van der Waals surface area (Å²) >= 11 is 0. The van der Waals surface area contributed by atoms with E-state index in [4.69, 9.17) is 14.7 Å². The summed E-state index contributed by atoms with van der Waals surface area (Å²) in [5.41, 5.74) is 1.63. The lowest BCUT2D eigenvalue weighted by Gasteiger charge is -2.29. The molecule has 1 aromatic heterocycles. The number of amides is 1. The van der Waals surface area contributed by atoms with Crippen molar-refractivity contribution in [3.05, 3.63) is 54.1 Å². The Balaban J connectivity index is 1.19. The van der Waals surface area contributed by atoms with Crippen LogP contribution in [0, 0.1) is 5.92 Å². The van der Waals surface area contributed by atoms with Gasteiger partial charge in [0.25, 0.3) is 5.91 Å². The van der Waals surface area contributed by atoms with Gasteiger partial charge in [0.2, 0.25) is 5.95 Å². The van der Waals surface area contributed by atoms with E-state index in [1.165, 1.54) is 25.7 Å². The van der Waals surface area contributed by atoms with Gasteiger partial charge < -0.3 is 20.3 Å². The molecule has 1 saturated carbocycles. The number of hydrogen-bond donors (Lipinski definition) is 2. The molecule has 1 aliphatic rings. The zero-order valence-electron chi connectivity index (χ0n) is 23.2. The Kier molecular flexibility index (Phi) is 10.2. The van der Waals surface area contributed by atoms with Gasteiger partial charge in [0.05, 0.1) is 12.1 Å². The number of nitrogens with zero attached hydrogens (tertiary/aromatic N) is 3. The molecule has 3 aromatic rings. The van der Waals surface area contributed by atoms with Crippen molar-refractivity contribution in [3.63, 3.8) is 0 Å². The highest BCUT2D eigenvalue weighted by Crippen LogP contribution is 2.28. The van der Waals surface area contributed by atoms with E-state index in [9.17, 15) is 4.79 Å². The van der Waals surface area contributed by atoms with Gasteiger partial charge in [-0.15, -0.1) is 0 Å². The van der Waals surface area contributed by atoms with E-state index in [1.807, 2.05) is 61.5 Å². The van der Waals surface area contributed by atoms with E-state index < -0.39 is 0 Å². The number of anilines is 2. The number of carbonyl (C=O) groups is 1. The summed E-state index contributed by atoms with van der Waals surface area (Å²) in [6, 6.07) is 16.0. The van der Waals surface area contributed by atoms with E-state index in [2.05, 4.69) is 23.6 Å². The fourth-order valence-electron chi connectivity index (χ4n) is 5.10. The SMILES string of the molecule is CCCCCCCOc1ccc(C(=O)NCC2CCC(Nc3nc(N(C)C)c4ccccc4n3)CC2)cc1. The van der Waals surface area contributed by atoms with Crippen molar-refractivity contribution < 1.29 is 9.53 Å². The molecule has 2 aromatic carbocycles. The Morgan fingerprint density at radius 1 is 0.947 bits per heavy atom. The summed E-state index contributed by atoms with van der Waals surface area (Å²) in [5, 5.41) is 7.76. The fraction of sp³-hybridized carbons (Fsp3) is 0.516. The lowest BCUT2D eigenvalue weighted by Crippen LogP contribution is -2.34. The zero-order chi connectivity index (χ0) is 26.7. The third-order valence-corrected chi connectivity index (χ3v) is 7.37. The molecule has 0 bridgehead atoms. The van der Waals surface area contributed by atoms with Crippen LogP contribution in [0.2, 0.25) is 0 Å². The normalized spacial score (nSPS) is 17.2. The van der Waals surface area contributed by atoms with Gasteiger partial charge in [0.15, 0.2) is 0 Å². The first-order chi connectivity index (χ1) is 18.5. The Bertz CT molecular complexity index is 1160. The molecule has 1 fully saturated rings. The number of carbonyl (C=O) groups excluding carboxylic acids is 1. The largest absolute Gasteiger partial charge is 0.494 e. The molecule has 7 heteroatoms. The third kappa shape index (κ3) is 7.83. The van der Waals surface area contributed by atoms with Crippen molar-refractivity contribution in [2.45, 2.75) is 70.8 Å². The van der Waals surface area contributed by atoms with Crippen LogP contribution in [0.4, 0.5) is 11.8 Å². The number of para-hydroxylation sites is 1. The molecular weight excluding hydrogens is 474 g/mol. The second kappa shape index (κ2) is 14.0. The average Bonchev–Trinajstić information content (AvgIpc) is 2.94. The number of aromatic nitrogens is 2. The van der Waals surface area contributed by atoms with Crippen LogP contribution in [-0.2, 0) is 0 Å². The van der Waals surface area contributed by atoms with Gasteiger partial charge in [-0.05, 0) is 74.4 Å². The van der Waals surface area contributed by atoms with Gasteiger partial charge >= 0.3 is 0 Å². The van der Waals surface area contributed by atoms with Crippen LogP contribution >= 0.6 is 0 Å². The predicted octanol–water partition coefficient (Wildman–Crippen LogP) is 6.45. The molecule has 1 amide bonds. The number of hydrogen-bond acceptors (Lipinski definition) is 6. The molecule has 1 aliphatic carbocycles. The summed E-state index contributed by atoms with van der Waals surface area (Å²) in [5.74, 6) is 2.92. The van der Waals surface area contributed by atoms with E-state index in [0.717, 1.165) is 61.2 Å². The molecule has 0 unspecified atom stereocenters. The summed E-state index contributed by atoms with van der Waals surface area (Å²) in [4.78, 5) is 24.2. The molecule has 0 saturated heterocycles. The van der Waals surface area contributed by atoms with E-state index in [1.54, 1.807) is 0 Å². The Hall–Kier alpha value is -3.35. The summed E-state index contributed by atoms with van der Waals surface area (Å²) < 4.78 is 5.82. The van der Waals surface area contributed by atoms with E-state index in [0.29, 0.717) is 30.0 Å². The first-order valence-corrected chi connectivity index (χ1v) is 14.2. The van der Waals surface area contributed by atoms with Crippen molar-refractivity contribution >= 4 is 28.6 Å². The van der Waals surface area contributed by atoms with Gasteiger partial charge in [-0.2, -0.15) is 4.98 Å². The van der Waals surface area contributed by atoms with Crippen LogP contribution in [0.3, 0.4) is 0 Å². The van der Waals surface area contributed by atoms with E-state index >= 15 is 0 Å². The molecule has 2 N–H and O–H groups in total. The Morgan fingerprint density at radius 3 is 2.42 bits per heavy atom. The van der Waals surface area contributed by atoms with Crippen LogP contribution < -0.4 is 20.3 Å². The molecule has 7 nitrogen and oxygen atoms in total. The third-order valence-electron chi connectivity index (χ3n) is 7.37. The van der Waals surface area contributed by atoms with Crippen LogP contribution in [0.15, 0.2) is 48.5 Å². The molecule has 204 valence electrons. The second-order valence-corrected chi connectivity index (χ2v) is 10.6. The molecular formula is C31H43N5O2. The number of rotatable bonds is 13. The smallest absolute Gasteiger partial charge is 0.251 e. The van der Waals surface area contributed by atoms with E-state index in [-0.39, 0.29) is 5.91 Å². The molecule has 1 heterocycles. The minimum atomic E-state index is -0.0165. The number of unbranched alkanes of at least 4 members (excludes halogenated alkanes) is 4. The highest BCUT2D eigenvalue weighted by atomic mass is 16.5. The maximum atomic E-state index is 12.7. The van der Waals surface area contributed by atoms with Gasteiger partial charge in [-0.3, -0.25) is 4.79 Å². The average molecular weight is 518 g/mol. The first-order valence-electron chi connectivity index (χ1n) is 14.2. The van der Waals surface area contributed by atoms with Crippen molar-refractivity contribution in [1.29, 1.82) is 0 Å². The maximum Gasteiger partial charge on any atom is 0.251 e. The van der Waals surface area contributed by atoms with Crippen LogP contribution in [0.1, 0.15) is 75.1 Å². The summed E-state index contributed by atoms with van der Waals surface area (Å²) in [6.07, 6.45) is 10.3. The molecule has 38 heavy (non-hydrogen) atoms. The number of fused-ring (bicyclic) bond motifs is 1. The van der Waals surface area contributed by atoms with Crippen LogP contribution in [0.25, 0.3) is 10.9 Å². The molecule has 0 spiro atoms. The van der Waals surface area contributed by atoms with Crippen molar-refractivity contribution in [1.82, 2.24) is 15.3 Å². The number of nitrogens with one attached hydrogen (secondary N) is 2. The number of benzene rings is 2. The molecule has 0 radical (unpaired) electrons. The van der Waals surface area contributed by atoms with Gasteiger partial charge in [-0.1, -0.05) is 44.7 Å². The fourth-order valence-corrected chi connectivity index (χ4v) is 5.10. The molecule has 0 atom stereocenters. The Labute approximate surface area is 227 Å². The second-order valence-electron chi connectivity index (χ2n) is 10.6. The molecule has 0 aliphatic heterocycles. The topological polar surface area (TPSA) is 79.4 Å². The summed E-state index contributed by atoms with van der Waals surface area (Å²) in [6.45, 7) is 3.66. The lowest BCUT2D eigenvalue weighted by atomic mass is 9.86. The highest BCUT2D eigenvalue weighted by Gasteiger charge is 2.23. The minimum Gasteiger partial charge on any atom is -0.494 e.